The van der Waals surface area contributed by atoms with E-state index in [1.807, 2.05) is 20.8 Å². The SMILES string of the molecule is CN(C)C(=O)CNOC(C)(C)C. The van der Waals surface area contributed by atoms with Gasteiger partial charge in [0, 0.05) is 14.1 Å². The van der Waals surface area contributed by atoms with Crippen molar-refractivity contribution in [3.8, 4) is 0 Å². The van der Waals surface area contributed by atoms with Crippen LogP contribution in [0.3, 0.4) is 0 Å². The standard InChI is InChI=1S/C8H18N2O2/c1-8(2,3)12-9-6-7(11)10(4)5/h9H,6H2,1-5H3. The number of rotatable bonds is 3. The molecule has 0 bridgehead atoms. The van der Waals surface area contributed by atoms with E-state index in [0.29, 0.717) is 0 Å². The van der Waals surface area contributed by atoms with E-state index in [9.17, 15) is 4.79 Å². The van der Waals surface area contributed by atoms with Gasteiger partial charge in [-0.05, 0) is 20.8 Å². The quantitative estimate of drug-likeness (QED) is 0.629. The van der Waals surface area contributed by atoms with Crippen molar-refractivity contribution in [1.82, 2.24) is 10.4 Å². The van der Waals surface area contributed by atoms with Crippen molar-refractivity contribution >= 4 is 5.91 Å². The lowest BCUT2D eigenvalue weighted by atomic mass is 10.2. The van der Waals surface area contributed by atoms with Gasteiger partial charge in [-0.3, -0.25) is 9.63 Å². The van der Waals surface area contributed by atoms with E-state index in [2.05, 4.69) is 5.48 Å². The minimum absolute atomic E-state index is 0.000694. The molecule has 0 heterocycles. The Labute approximate surface area is 73.8 Å². The Bertz CT molecular complexity index is 150. The van der Waals surface area contributed by atoms with Crippen LogP contribution in [-0.2, 0) is 9.63 Å². The summed E-state index contributed by atoms with van der Waals surface area (Å²) in [6.07, 6.45) is 0. The second kappa shape index (κ2) is 4.42. The zero-order valence-electron chi connectivity index (χ0n) is 8.47. The molecule has 0 saturated heterocycles. The third-order valence-corrected chi connectivity index (χ3v) is 1.10. The Morgan fingerprint density at radius 2 is 1.92 bits per heavy atom. The summed E-state index contributed by atoms with van der Waals surface area (Å²) in [5, 5.41) is 0. The predicted molar refractivity (Wildman–Crippen MR) is 47.5 cm³/mol. The molecule has 0 atom stereocenters. The molecule has 1 N–H and O–H groups in total. The lowest BCUT2D eigenvalue weighted by molar-refractivity contribution is -0.134. The fourth-order valence-corrected chi connectivity index (χ4v) is 0.472. The normalized spacial score (nSPS) is 11.4. The molecular weight excluding hydrogens is 156 g/mol. The van der Waals surface area contributed by atoms with Gasteiger partial charge in [0.25, 0.3) is 0 Å². The molecule has 4 nitrogen and oxygen atoms in total. The number of hydrogen-bond acceptors (Lipinski definition) is 3. The molecule has 0 aliphatic carbocycles. The van der Waals surface area contributed by atoms with Crippen LogP contribution in [0.15, 0.2) is 0 Å². The zero-order valence-corrected chi connectivity index (χ0v) is 8.47. The van der Waals surface area contributed by atoms with E-state index in [1.54, 1.807) is 14.1 Å². The highest BCUT2D eigenvalue weighted by atomic mass is 16.7. The van der Waals surface area contributed by atoms with Gasteiger partial charge in [-0.2, -0.15) is 5.48 Å². The predicted octanol–water partition coefficient (Wildman–Crippen LogP) is 0.394. The Kier molecular flexibility index (Phi) is 4.20. The van der Waals surface area contributed by atoms with E-state index in [-0.39, 0.29) is 18.1 Å². The first-order valence-corrected chi connectivity index (χ1v) is 3.94. The van der Waals surface area contributed by atoms with Crippen molar-refractivity contribution in [2.24, 2.45) is 0 Å². The zero-order chi connectivity index (χ0) is 9.78. The second-order valence-corrected chi connectivity index (χ2v) is 3.82. The third-order valence-electron chi connectivity index (χ3n) is 1.10. The minimum Gasteiger partial charge on any atom is -0.348 e. The Morgan fingerprint density at radius 3 is 2.25 bits per heavy atom. The van der Waals surface area contributed by atoms with Crippen LogP contribution >= 0.6 is 0 Å². The van der Waals surface area contributed by atoms with Crippen LogP contribution in [-0.4, -0.2) is 37.0 Å². The number of amides is 1. The molecule has 0 unspecified atom stereocenters. The molecule has 0 aromatic rings. The van der Waals surface area contributed by atoms with Gasteiger partial charge in [-0.15, -0.1) is 0 Å². The van der Waals surface area contributed by atoms with Gasteiger partial charge < -0.3 is 4.90 Å². The number of nitrogens with zero attached hydrogens (tertiary/aromatic N) is 1. The van der Waals surface area contributed by atoms with Gasteiger partial charge in [0.2, 0.25) is 5.91 Å². The first-order valence-electron chi connectivity index (χ1n) is 3.94. The number of nitrogens with one attached hydrogen (secondary N) is 1. The molecule has 1 amide bonds. The molecule has 0 saturated carbocycles. The summed E-state index contributed by atoms with van der Waals surface area (Å²) in [6.45, 7) is 5.96. The van der Waals surface area contributed by atoms with Crippen LogP contribution in [0.25, 0.3) is 0 Å². The molecule has 0 radical (unpaired) electrons. The van der Waals surface area contributed by atoms with E-state index in [1.165, 1.54) is 4.90 Å². The largest absolute Gasteiger partial charge is 0.348 e. The van der Waals surface area contributed by atoms with Crippen LogP contribution in [0.2, 0.25) is 0 Å². The summed E-state index contributed by atoms with van der Waals surface area (Å²) in [5.41, 5.74) is 2.36. The van der Waals surface area contributed by atoms with Gasteiger partial charge in [-0.1, -0.05) is 0 Å². The average molecular weight is 174 g/mol. The number of carbonyl (C=O) groups excluding carboxylic acids is 1. The van der Waals surface area contributed by atoms with Gasteiger partial charge in [0.1, 0.15) is 6.54 Å². The van der Waals surface area contributed by atoms with E-state index < -0.39 is 0 Å². The molecule has 0 aromatic heterocycles. The number of hydroxylamine groups is 1. The third kappa shape index (κ3) is 6.12. The van der Waals surface area contributed by atoms with Crippen LogP contribution in [0, 0.1) is 0 Å². The maximum Gasteiger partial charge on any atom is 0.238 e. The number of hydrogen-bond donors (Lipinski definition) is 1. The van der Waals surface area contributed by atoms with Crippen molar-refractivity contribution in [2.75, 3.05) is 20.6 Å². The number of carbonyl (C=O) groups is 1. The van der Waals surface area contributed by atoms with Crippen molar-refractivity contribution in [3.05, 3.63) is 0 Å². The highest BCUT2D eigenvalue weighted by molar-refractivity contribution is 5.77. The summed E-state index contributed by atoms with van der Waals surface area (Å²) < 4.78 is 0. The van der Waals surface area contributed by atoms with E-state index >= 15 is 0 Å². The maximum absolute atomic E-state index is 11.0. The fraction of sp³-hybridized carbons (Fsp3) is 0.875. The van der Waals surface area contributed by atoms with Gasteiger partial charge >= 0.3 is 0 Å². The Balaban J connectivity index is 3.51. The van der Waals surface area contributed by atoms with Crippen molar-refractivity contribution < 1.29 is 9.63 Å². The van der Waals surface area contributed by atoms with Crippen LogP contribution in [0.1, 0.15) is 20.8 Å². The fourth-order valence-electron chi connectivity index (χ4n) is 0.472. The van der Waals surface area contributed by atoms with Gasteiger partial charge in [0.05, 0.1) is 5.60 Å². The number of likely N-dealkylation sites (N-methyl/N-ethyl adjacent to an activating group) is 1. The molecule has 4 heteroatoms. The lowest BCUT2D eigenvalue weighted by Gasteiger charge is -2.19. The van der Waals surface area contributed by atoms with Crippen LogP contribution in [0.5, 0.6) is 0 Å². The second-order valence-electron chi connectivity index (χ2n) is 3.82. The maximum atomic E-state index is 11.0. The summed E-state index contributed by atoms with van der Waals surface area (Å²) in [5.74, 6) is -0.000694. The van der Waals surface area contributed by atoms with E-state index in [0.717, 1.165) is 0 Å². The summed E-state index contributed by atoms with van der Waals surface area (Å²) in [7, 11) is 3.42. The molecule has 0 aromatic carbocycles. The highest BCUT2D eigenvalue weighted by Gasteiger charge is 2.11. The molecular formula is C8H18N2O2. The monoisotopic (exact) mass is 174 g/mol. The molecule has 0 aliphatic rings. The van der Waals surface area contributed by atoms with Gasteiger partial charge in [0.15, 0.2) is 0 Å². The Morgan fingerprint density at radius 1 is 1.42 bits per heavy atom. The molecule has 0 fully saturated rings. The van der Waals surface area contributed by atoms with Crippen molar-refractivity contribution in [2.45, 2.75) is 26.4 Å². The smallest absolute Gasteiger partial charge is 0.238 e. The summed E-state index contributed by atoms with van der Waals surface area (Å²) in [6, 6.07) is 0. The van der Waals surface area contributed by atoms with E-state index in [4.69, 9.17) is 4.84 Å². The van der Waals surface area contributed by atoms with Crippen molar-refractivity contribution in [3.63, 3.8) is 0 Å². The first-order chi connectivity index (χ1) is 5.33. The topological polar surface area (TPSA) is 41.6 Å². The van der Waals surface area contributed by atoms with Crippen LogP contribution in [0.4, 0.5) is 0 Å². The minimum atomic E-state index is -0.257. The molecule has 72 valence electrons. The molecule has 0 aliphatic heterocycles. The summed E-state index contributed by atoms with van der Waals surface area (Å²) in [4.78, 5) is 17.7. The highest BCUT2D eigenvalue weighted by Crippen LogP contribution is 2.02. The van der Waals surface area contributed by atoms with Gasteiger partial charge in [-0.25, -0.2) is 0 Å². The lowest BCUT2D eigenvalue weighted by Crippen LogP contribution is -2.37. The molecule has 12 heavy (non-hydrogen) atoms. The first kappa shape index (κ1) is 11.4. The molecule has 0 rings (SSSR count). The van der Waals surface area contributed by atoms with Crippen molar-refractivity contribution in [1.29, 1.82) is 0 Å². The average Bonchev–Trinajstić information content (AvgIpc) is 1.84. The van der Waals surface area contributed by atoms with Crippen LogP contribution < -0.4 is 5.48 Å². The Hall–Kier alpha value is -0.610. The summed E-state index contributed by atoms with van der Waals surface area (Å²) >= 11 is 0. The molecule has 0 spiro atoms.